The number of aryl methyl sites for hydroxylation is 1. The van der Waals surface area contributed by atoms with Gasteiger partial charge in [-0.2, -0.15) is 0 Å². The van der Waals surface area contributed by atoms with Crippen LogP contribution in [0.2, 0.25) is 0 Å². The van der Waals surface area contributed by atoms with Gasteiger partial charge in [-0.25, -0.2) is 4.39 Å². The van der Waals surface area contributed by atoms with E-state index in [9.17, 15) is 19.1 Å². The summed E-state index contributed by atoms with van der Waals surface area (Å²) in [6.45, 7) is 2.36. The predicted octanol–water partition coefficient (Wildman–Crippen LogP) is 7.51. The minimum absolute atomic E-state index is 0.112. The van der Waals surface area contributed by atoms with Gasteiger partial charge in [0.2, 0.25) is 10.9 Å². The van der Waals surface area contributed by atoms with Crippen LogP contribution >= 0.6 is 23.1 Å². The largest absolute Gasteiger partial charge is 0.507 e. The van der Waals surface area contributed by atoms with Crippen LogP contribution in [0.1, 0.15) is 33.9 Å². The van der Waals surface area contributed by atoms with Crippen molar-refractivity contribution in [2.75, 3.05) is 26.2 Å². The lowest BCUT2D eigenvalue weighted by Gasteiger charge is -2.24. The minimum atomic E-state index is -1.15. The zero-order valence-corrected chi connectivity index (χ0v) is 29.1. The van der Waals surface area contributed by atoms with Crippen LogP contribution in [-0.4, -0.2) is 48.3 Å². The molecule has 1 aliphatic rings. The number of nitrogens with zero attached hydrogens (tertiary/aromatic N) is 3. The lowest BCUT2D eigenvalue weighted by molar-refractivity contribution is -0.132. The second kappa shape index (κ2) is 15.0. The van der Waals surface area contributed by atoms with Gasteiger partial charge in [0.25, 0.3) is 5.78 Å². The molecule has 1 saturated heterocycles. The van der Waals surface area contributed by atoms with Crippen LogP contribution in [0.25, 0.3) is 5.76 Å². The van der Waals surface area contributed by atoms with E-state index in [1.54, 1.807) is 54.6 Å². The van der Waals surface area contributed by atoms with Gasteiger partial charge in [0.05, 0.1) is 32.9 Å². The van der Waals surface area contributed by atoms with Gasteiger partial charge in [-0.1, -0.05) is 65.6 Å². The Morgan fingerprint density at radius 3 is 2.20 bits per heavy atom. The Balaban J connectivity index is 1.38. The summed E-state index contributed by atoms with van der Waals surface area (Å²) in [5.41, 5.74) is 3.13. The summed E-state index contributed by atoms with van der Waals surface area (Å²) >= 11 is 2.31. The van der Waals surface area contributed by atoms with E-state index >= 15 is 0 Å². The first kappa shape index (κ1) is 34.5. The monoisotopic (exact) mass is 713 g/mol. The van der Waals surface area contributed by atoms with Crippen molar-refractivity contribution in [2.45, 2.75) is 29.7 Å². The number of amides is 1. The molecule has 1 fully saturated rings. The Labute approximate surface area is 296 Å². The van der Waals surface area contributed by atoms with Crippen molar-refractivity contribution in [3.05, 3.63) is 124 Å². The molecule has 5 aromatic rings. The summed E-state index contributed by atoms with van der Waals surface area (Å²) in [4.78, 5) is 28.8. The number of aromatic nitrogens is 2. The number of rotatable bonds is 12. The van der Waals surface area contributed by atoms with Crippen LogP contribution in [0, 0.1) is 12.7 Å². The standard InChI is InChI=1S/C37H32FN3O7S2/c1-21-9-5-6-10-23(21)19-48-26-15-13-22(14-16-26)32(42)30-31(25-17-28(45-2)34(47-4)29(18-25)46-3)41(35(44)33(30)43)36-39-40-37(50-36)49-20-24-11-7-8-12-27(24)38/h5-18,31,42H,19-20H2,1-4H3. The average molecular weight is 714 g/mol. The molecule has 13 heteroatoms. The molecule has 1 aromatic heterocycles. The number of halogens is 1. The molecule has 0 spiro atoms. The number of hydrogen-bond donors (Lipinski definition) is 1. The van der Waals surface area contributed by atoms with Crippen molar-refractivity contribution in [2.24, 2.45) is 0 Å². The van der Waals surface area contributed by atoms with Crippen molar-refractivity contribution < 1.29 is 38.0 Å². The Hall–Kier alpha value is -5.40. The fourth-order valence-corrected chi connectivity index (χ4v) is 7.37. The van der Waals surface area contributed by atoms with Gasteiger partial charge in [-0.05, 0) is 71.6 Å². The number of hydrogen-bond acceptors (Lipinski definition) is 11. The summed E-state index contributed by atoms with van der Waals surface area (Å²) in [7, 11) is 4.36. The number of carbonyl (C=O) groups is 2. The quantitative estimate of drug-likeness (QED) is 0.0457. The third-order valence-electron chi connectivity index (χ3n) is 8.14. The van der Waals surface area contributed by atoms with Crippen LogP contribution in [0.4, 0.5) is 9.52 Å². The molecule has 0 aliphatic carbocycles. The molecule has 1 aliphatic heterocycles. The maximum atomic E-state index is 14.3. The van der Waals surface area contributed by atoms with E-state index in [0.717, 1.165) is 22.5 Å². The zero-order chi connectivity index (χ0) is 35.4. The number of ether oxygens (including phenoxy) is 4. The first-order chi connectivity index (χ1) is 24.2. The molecule has 4 aromatic carbocycles. The number of carbonyl (C=O) groups excluding carboxylic acids is 2. The first-order valence-corrected chi connectivity index (χ1v) is 17.1. The summed E-state index contributed by atoms with van der Waals surface area (Å²) in [5, 5.41) is 20.3. The van der Waals surface area contributed by atoms with E-state index in [-0.39, 0.29) is 33.8 Å². The highest BCUT2D eigenvalue weighted by atomic mass is 32.2. The third-order valence-corrected chi connectivity index (χ3v) is 10.2. The Bertz CT molecular complexity index is 2060. The van der Waals surface area contributed by atoms with E-state index in [0.29, 0.717) is 39.1 Å². The van der Waals surface area contributed by atoms with Gasteiger partial charge in [0, 0.05) is 11.3 Å². The molecule has 2 heterocycles. The molecular weight excluding hydrogens is 682 g/mol. The van der Waals surface area contributed by atoms with Crippen LogP contribution in [0.3, 0.4) is 0 Å². The van der Waals surface area contributed by atoms with Crippen molar-refractivity contribution in [1.29, 1.82) is 0 Å². The molecule has 10 nitrogen and oxygen atoms in total. The van der Waals surface area contributed by atoms with Gasteiger partial charge in [-0.15, -0.1) is 10.2 Å². The number of anilines is 1. The van der Waals surface area contributed by atoms with Crippen molar-refractivity contribution in [1.82, 2.24) is 10.2 Å². The molecule has 0 radical (unpaired) electrons. The Morgan fingerprint density at radius 2 is 1.56 bits per heavy atom. The van der Waals surface area contributed by atoms with E-state index < -0.39 is 23.5 Å². The second-order valence-electron chi connectivity index (χ2n) is 11.1. The van der Waals surface area contributed by atoms with E-state index in [4.69, 9.17) is 18.9 Å². The molecule has 0 bridgehead atoms. The first-order valence-electron chi connectivity index (χ1n) is 15.3. The van der Waals surface area contributed by atoms with Crippen molar-refractivity contribution in [3.63, 3.8) is 0 Å². The Kier molecular flexibility index (Phi) is 10.3. The van der Waals surface area contributed by atoms with E-state index in [1.807, 2.05) is 31.2 Å². The number of methoxy groups -OCH3 is 3. The minimum Gasteiger partial charge on any atom is -0.507 e. The number of benzene rings is 4. The smallest absolute Gasteiger partial charge is 0.301 e. The van der Waals surface area contributed by atoms with Gasteiger partial charge in [0.15, 0.2) is 15.8 Å². The van der Waals surface area contributed by atoms with Gasteiger partial charge in [0.1, 0.15) is 23.9 Å². The van der Waals surface area contributed by atoms with Crippen LogP contribution < -0.4 is 23.8 Å². The number of Topliss-reactive ketones (excluding diaryl/α,β-unsaturated/α-hetero) is 1. The highest BCUT2D eigenvalue weighted by Crippen LogP contribution is 2.48. The molecule has 256 valence electrons. The van der Waals surface area contributed by atoms with Crippen LogP contribution in [-0.2, 0) is 21.9 Å². The number of ketones is 1. The second-order valence-corrected chi connectivity index (χ2v) is 13.3. The van der Waals surface area contributed by atoms with Gasteiger partial charge < -0.3 is 24.1 Å². The number of aliphatic hydroxyl groups excluding tert-OH is 1. The summed E-state index contributed by atoms with van der Waals surface area (Å²) in [6, 6.07) is 23.0. The predicted molar refractivity (Wildman–Crippen MR) is 189 cm³/mol. The molecule has 1 unspecified atom stereocenters. The summed E-state index contributed by atoms with van der Waals surface area (Å²) < 4.78 is 37.3. The number of thioether (sulfide) groups is 1. The lowest BCUT2D eigenvalue weighted by Crippen LogP contribution is -2.29. The maximum absolute atomic E-state index is 14.3. The molecule has 50 heavy (non-hydrogen) atoms. The molecular formula is C37H32FN3O7S2. The summed E-state index contributed by atoms with van der Waals surface area (Å²) in [5.74, 6) is -0.872. The maximum Gasteiger partial charge on any atom is 0.301 e. The number of aliphatic hydroxyl groups is 1. The van der Waals surface area contributed by atoms with Gasteiger partial charge >= 0.3 is 5.91 Å². The SMILES string of the molecule is COc1cc(C2C(=C(O)c3ccc(OCc4ccccc4C)cc3)C(=O)C(=O)N2c2nnc(SCc3ccccc3F)s2)cc(OC)c1OC. The fraction of sp³-hybridized carbons (Fsp3) is 0.189. The van der Waals surface area contributed by atoms with Crippen molar-refractivity contribution in [3.8, 4) is 23.0 Å². The molecule has 6 rings (SSSR count). The van der Waals surface area contributed by atoms with Crippen molar-refractivity contribution >= 4 is 45.7 Å². The highest BCUT2D eigenvalue weighted by Gasteiger charge is 2.49. The molecule has 0 saturated carbocycles. The molecule has 1 amide bonds. The Morgan fingerprint density at radius 1 is 0.900 bits per heavy atom. The topological polar surface area (TPSA) is 120 Å². The normalized spacial score (nSPS) is 15.3. The van der Waals surface area contributed by atoms with Crippen LogP contribution in [0.5, 0.6) is 23.0 Å². The highest BCUT2D eigenvalue weighted by molar-refractivity contribution is 8.00. The molecule has 1 N–H and O–H groups in total. The van der Waals surface area contributed by atoms with Crippen LogP contribution in [0.15, 0.2) is 94.8 Å². The van der Waals surface area contributed by atoms with Gasteiger partial charge in [-0.3, -0.25) is 14.5 Å². The average Bonchev–Trinajstić information content (AvgIpc) is 3.71. The van der Waals surface area contributed by atoms with E-state index in [2.05, 4.69) is 10.2 Å². The summed E-state index contributed by atoms with van der Waals surface area (Å²) in [6.07, 6.45) is 0. The zero-order valence-electron chi connectivity index (χ0n) is 27.5. The molecule has 1 atom stereocenters. The van der Waals surface area contributed by atoms with E-state index in [1.165, 1.54) is 44.1 Å². The fourth-order valence-electron chi connectivity index (χ4n) is 5.52. The third kappa shape index (κ3) is 6.87. The lowest BCUT2D eigenvalue weighted by atomic mass is 9.94.